The van der Waals surface area contributed by atoms with Crippen molar-refractivity contribution in [3.8, 4) is 0 Å². The molecule has 0 radical (unpaired) electrons. The monoisotopic (exact) mass is 244 g/mol. The van der Waals surface area contributed by atoms with Crippen LogP contribution in [0.2, 0.25) is 0 Å². The summed E-state index contributed by atoms with van der Waals surface area (Å²) in [5.74, 6) is 1.31. The van der Waals surface area contributed by atoms with Gasteiger partial charge >= 0.3 is 0 Å². The zero-order valence-corrected chi connectivity index (χ0v) is 9.11. The van der Waals surface area contributed by atoms with Gasteiger partial charge in [-0.1, -0.05) is 77.3 Å². The minimum Gasteiger partial charge on any atom is -0.0845 e. The van der Waals surface area contributed by atoms with Crippen molar-refractivity contribution < 1.29 is 0 Å². The van der Waals surface area contributed by atoms with Crippen LogP contribution >= 0.6 is 0 Å². The van der Waals surface area contributed by atoms with Gasteiger partial charge in [0.25, 0.3) is 0 Å². The zero-order valence-electron chi connectivity index (χ0n) is 9.11. The highest BCUT2D eigenvalue weighted by molar-refractivity contribution is 5.51. The van der Waals surface area contributed by atoms with Crippen LogP contribution in [0.3, 0.4) is 0 Å². The maximum Gasteiger partial charge on any atom is 0.00632 e. The van der Waals surface area contributed by atoms with Crippen LogP contribution in [0.1, 0.15) is 65.0 Å². The first-order valence-corrected chi connectivity index (χ1v) is 5.83. The molecule has 0 heteroatoms. The molecule has 0 amide bonds. The highest BCUT2D eigenvalue weighted by Gasteiger charge is 2.32. The maximum atomic E-state index is 2.34. The number of hydrogen-bond donors (Lipinski definition) is 0. The van der Waals surface area contributed by atoms with Gasteiger partial charge in [0.05, 0.1) is 0 Å². The first-order valence-electron chi connectivity index (χ1n) is 5.83. The minimum atomic E-state index is 0. The van der Waals surface area contributed by atoms with E-state index in [0.29, 0.717) is 11.8 Å². The normalized spacial score (nSPS) is 23.3. The summed E-state index contributed by atoms with van der Waals surface area (Å²) in [5, 5.41) is 0. The second-order valence-electron chi connectivity index (χ2n) is 4.58. The summed E-state index contributed by atoms with van der Waals surface area (Å²) in [4.78, 5) is 0. The Labute approximate surface area is 113 Å². The van der Waals surface area contributed by atoms with Crippen LogP contribution in [0, 0.1) is 0 Å². The summed E-state index contributed by atoms with van der Waals surface area (Å²) in [7, 11) is 0. The fourth-order valence-electron chi connectivity index (χ4n) is 3.00. The smallest absolute Gasteiger partial charge is 0.00632 e. The Morgan fingerprint density at radius 3 is 2.39 bits per heavy atom. The topological polar surface area (TPSA) is 0 Å². The summed E-state index contributed by atoms with van der Waals surface area (Å²) in [6.45, 7) is 2.34. The molecule has 0 spiro atoms. The van der Waals surface area contributed by atoms with Crippen molar-refractivity contribution in [3.05, 3.63) is 59.2 Å². The van der Waals surface area contributed by atoms with Gasteiger partial charge in [-0.05, 0) is 24.0 Å². The molecule has 1 aromatic carbocycles. The van der Waals surface area contributed by atoms with Crippen LogP contribution in [0.15, 0.2) is 48.1 Å². The number of allylic oxidation sites excluding steroid dienone is 4. The van der Waals surface area contributed by atoms with Gasteiger partial charge in [-0.25, -0.2) is 0 Å². The first-order chi connectivity index (χ1) is 7.38. The molecule has 3 rings (SSSR count). The van der Waals surface area contributed by atoms with Crippen LogP contribution in [0.4, 0.5) is 0 Å². The molecule has 0 nitrogen and oxygen atoms in total. The van der Waals surface area contributed by atoms with Crippen molar-refractivity contribution in [2.75, 3.05) is 0 Å². The Morgan fingerprint density at radius 2 is 1.67 bits per heavy atom. The molecule has 100 valence electrons. The molecule has 0 saturated carbocycles. The van der Waals surface area contributed by atoms with Crippen molar-refractivity contribution in [1.82, 2.24) is 0 Å². The summed E-state index contributed by atoms with van der Waals surface area (Å²) >= 11 is 0. The third-order valence-electron chi connectivity index (χ3n) is 3.79. The zero-order chi connectivity index (χ0) is 10.3. The van der Waals surface area contributed by atoms with Gasteiger partial charge in [0.2, 0.25) is 0 Å². The summed E-state index contributed by atoms with van der Waals surface area (Å²) < 4.78 is 0. The predicted molar refractivity (Wildman–Crippen MR) is 84.2 cm³/mol. The first kappa shape index (κ1) is 16.7. The van der Waals surface area contributed by atoms with Crippen LogP contribution in [-0.2, 0) is 0 Å². The molecule has 0 aromatic heterocycles. The molecule has 2 atom stereocenters. The molecule has 2 unspecified atom stereocenters. The molecule has 0 heterocycles. The maximum absolute atomic E-state index is 2.34. The number of rotatable bonds is 0. The van der Waals surface area contributed by atoms with E-state index in [0.717, 1.165) is 0 Å². The van der Waals surface area contributed by atoms with E-state index in [-0.39, 0.29) is 22.3 Å². The lowest BCUT2D eigenvalue weighted by atomic mass is 9.92. The van der Waals surface area contributed by atoms with E-state index in [1.165, 1.54) is 12.8 Å². The SMILES string of the molecule is C.C.C.CC1C2=CC=CCCC2c2ccccc21. The van der Waals surface area contributed by atoms with Crippen LogP contribution < -0.4 is 0 Å². The van der Waals surface area contributed by atoms with Gasteiger partial charge in [-0.15, -0.1) is 0 Å². The van der Waals surface area contributed by atoms with E-state index in [4.69, 9.17) is 0 Å². The lowest BCUT2D eigenvalue weighted by Crippen LogP contribution is -1.95. The van der Waals surface area contributed by atoms with Gasteiger partial charge in [0.15, 0.2) is 0 Å². The number of benzene rings is 1. The Kier molecular flexibility index (Phi) is 6.11. The fourth-order valence-corrected chi connectivity index (χ4v) is 3.00. The van der Waals surface area contributed by atoms with Crippen LogP contribution in [-0.4, -0.2) is 0 Å². The molecule has 2 aliphatic carbocycles. The van der Waals surface area contributed by atoms with Crippen LogP contribution in [0.5, 0.6) is 0 Å². The highest BCUT2D eigenvalue weighted by Crippen LogP contribution is 2.48. The largest absolute Gasteiger partial charge is 0.0845 e. The van der Waals surface area contributed by atoms with E-state index in [9.17, 15) is 0 Å². The summed E-state index contributed by atoms with van der Waals surface area (Å²) in [6.07, 6.45) is 9.36. The second-order valence-corrected chi connectivity index (χ2v) is 4.58. The number of fused-ring (bicyclic) bond motifs is 3. The predicted octanol–water partition coefficient (Wildman–Crippen LogP) is 6.07. The fraction of sp³-hybridized carbons (Fsp3) is 0.444. The van der Waals surface area contributed by atoms with Crippen molar-refractivity contribution >= 4 is 0 Å². The molecule has 18 heavy (non-hydrogen) atoms. The van der Waals surface area contributed by atoms with Crippen molar-refractivity contribution in [2.24, 2.45) is 0 Å². The third kappa shape index (κ3) is 2.43. The average Bonchev–Trinajstić information content (AvgIpc) is 2.48. The lowest BCUT2D eigenvalue weighted by molar-refractivity contribution is 0.718. The molecule has 0 fully saturated rings. The van der Waals surface area contributed by atoms with Gasteiger partial charge in [-0.2, -0.15) is 0 Å². The minimum absolute atomic E-state index is 0. The molecule has 0 saturated heterocycles. The van der Waals surface area contributed by atoms with E-state index < -0.39 is 0 Å². The van der Waals surface area contributed by atoms with Crippen LogP contribution in [0.25, 0.3) is 0 Å². The molecule has 0 bridgehead atoms. The molecule has 0 N–H and O–H groups in total. The van der Waals surface area contributed by atoms with Crippen molar-refractivity contribution in [3.63, 3.8) is 0 Å². The Morgan fingerprint density at radius 1 is 1.00 bits per heavy atom. The Bertz CT molecular complexity index is 437. The van der Waals surface area contributed by atoms with Gasteiger partial charge in [0.1, 0.15) is 0 Å². The van der Waals surface area contributed by atoms with E-state index in [1.807, 2.05) is 0 Å². The van der Waals surface area contributed by atoms with Gasteiger partial charge < -0.3 is 0 Å². The van der Waals surface area contributed by atoms with E-state index >= 15 is 0 Å². The lowest BCUT2D eigenvalue weighted by Gasteiger charge is -2.12. The quantitative estimate of drug-likeness (QED) is 0.519. The molecule has 1 aromatic rings. The highest BCUT2D eigenvalue weighted by atomic mass is 14.4. The average molecular weight is 244 g/mol. The standard InChI is InChI=1S/C15H16.3CH4/c1-11-12-7-3-2-4-9-14(12)15-10-6-5-8-13(11)15;;;/h2-3,5-8,10-11,14H,4,9H2,1H3;3*1H4. The molecular weight excluding hydrogens is 216 g/mol. The van der Waals surface area contributed by atoms with E-state index in [1.54, 1.807) is 16.7 Å². The Balaban J connectivity index is 0.000000963. The molecular formula is C18H28. The number of hydrogen-bond acceptors (Lipinski definition) is 0. The van der Waals surface area contributed by atoms with Crippen molar-refractivity contribution in [1.29, 1.82) is 0 Å². The second kappa shape index (κ2) is 6.58. The van der Waals surface area contributed by atoms with Crippen molar-refractivity contribution in [2.45, 2.75) is 53.9 Å². The molecule has 2 aliphatic rings. The summed E-state index contributed by atoms with van der Waals surface area (Å²) in [6, 6.07) is 8.94. The molecule has 0 aliphatic heterocycles. The third-order valence-corrected chi connectivity index (χ3v) is 3.79. The van der Waals surface area contributed by atoms with Gasteiger partial charge in [-0.3, -0.25) is 0 Å². The van der Waals surface area contributed by atoms with E-state index in [2.05, 4.69) is 49.4 Å². The Hall–Kier alpha value is -1.30. The summed E-state index contributed by atoms with van der Waals surface area (Å²) in [5.41, 5.74) is 4.73. The van der Waals surface area contributed by atoms with Gasteiger partial charge in [0, 0.05) is 11.8 Å².